The number of hydrogen-bond acceptors (Lipinski definition) is 5. The minimum atomic E-state index is -1.08. The summed E-state index contributed by atoms with van der Waals surface area (Å²) in [5.74, 6) is -1.60. The van der Waals surface area contributed by atoms with Crippen LogP contribution < -0.4 is 10.1 Å². The molecule has 2 amide bonds. The van der Waals surface area contributed by atoms with Crippen molar-refractivity contribution in [1.82, 2.24) is 4.90 Å². The van der Waals surface area contributed by atoms with Crippen molar-refractivity contribution in [3.05, 3.63) is 29.8 Å². The monoisotopic (exact) mass is 347 g/mol. The third-order valence-corrected chi connectivity index (χ3v) is 5.64. The molecule has 134 valence electrons. The van der Waals surface area contributed by atoms with E-state index in [1.165, 1.54) is 14.2 Å². The Balaban J connectivity index is 2.09. The van der Waals surface area contributed by atoms with E-state index < -0.39 is 23.3 Å². The van der Waals surface area contributed by atoms with E-state index in [2.05, 4.69) is 0 Å². The first-order valence-electron chi connectivity index (χ1n) is 8.31. The van der Waals surface area contributed by atoms with Crippen molar-refractivity contribution in [3.8, 4) is 5.75 Å². The maximum Gasteiger partial charge on any atom is 0.368 e. The molecule has 2 aliphatic heterocycles. The van der Waals surface area contributed by atoms with E-state index in [0.29, 0.717) is 12.2 Å². The maximum absolute atomic E-state index is 12.7. The average molecular weight is 347 g/mol. The van der Waals surface area contributed by atoms with Gasteiger partial charge in [0.05, 0.1) is 14.2 Å². The Bertz CT molecular complexity index is 717. The van der Waals surface area contributed by atoms with Gasteiger partial charge in [-0.3, -0.25) is 14.5 Å². The van der Waals surface area contributed by atoms with E-state index in [9.17, 15) is 14.4 Å². The summed E-state index contributed by atoms with van der Waals surface area (Å²) in [6, 6.07) is 7.05. The number of amides is 2. The van der Waals surface area contributed by atoms with Crippen molar-refractivity contribution >= 4 is 17.8 Å². The van der Waals surface area contributed by atoms with E-state index in [-0.39, 0.29) is 17.9 Å². The fourth-order valence-electron chi connectivity index (χ4n) is 4.26. The van der Waals surface area contributed by atoms with Crippen molar-refractivity contribution < 1.29 is 29.2 Å². The van der Waals surface area contributed by atoms with Gasteiger partial charge in [0.25, 0.3) is 0 Å². The molecule has 4 atom stereocenters. The van der Waals surface area contributed by atoms with Crippen LogP contribution in [0.25, 0.3) is 0 Å². The van der Waals surface area contributed by atoms with E-state index in [1.54, 1.807) is 7.11 Å². The zero-order chi connectivity index (χ0) is 18.4. The first-order chi connectivity index (χ1) is 11.9. The van der Waals surface area contributed by atoms with Gasteiger partial charge >= 0.3 is 5.97 Å². The summed E-state index contributed by atoms with van der Waals surface area (Å²) in [6.45, 7) is 1.84. The van der Waals surface area contributed by atoms with Gasteiger partial charge in [0.2, 0.25) is 17.4 Å². The van der Waals surface area contributed by atoms with Crippen LogP contribution in [0.2, 0.25) is 0 Å². The third kappa shape index (κ3) is 2.33. The molecule has 2 N–H and O–H groups in total. The van der Waals surface area contributed by atoms with E-state index in [0.717, 1.165) is 10.5 Å². The topological polar surface area (TPSA) is 89.5 Å². The van der Waals surface area contributed by atoms with Crippen LogP contribution in [0, 0.1) is 11.8 Å². The van der Waals surface area contributed by atoms with Crippen LogP contribution in [0.5, 0.6) is 5.75 Å². The molecule has 25 heavy (non-hydrogen) atoms. The van der Waals surface area contributed by atoms with Gasteiger partial charge in [-0.25, -0.2) is 4.79 Å². The predicted molar refractivity (Wildman–Crippen MR) is 87.5 cm³/mol. The molecule has 0 spiro atoms. The molecule has 0 bridgehead atoms. The summed E-state index contributed by atoms with van der Waals surface area (Å²) >= 11 is 0. The smallest absolute Gasteiger partial charge is 0.368 e. The number of benzene rings is 1. The van der Waals surface area contributed by atoms with Crippen LogP contribution in [0.1, 0.15) is 24.9 Å². The van der Waals surface area contributed by atoms with Gasteiger partial charge in [0.15, 0.2) is 0 Å². The minimum Gasteiger partial charge on any atom is -0.497 e. The third-order valence-electron chi connectivity index (χ3n) is 5.64. The Kier molecular flexibility index (Phi) is 4.28. The normalized spacial score (nSPS) is 31.2. The van der Waals surface area contributed by atoms with Crippen LogP contribution in [0.3, 0.4) is 0 Å². The van der Waals surface area contributed by atoms with Crippen LogP contribution in [-0.4, -0.2) is 49.5 Å². The van der Waals surface area contributed by atoms with Crippen molar-refractivity contribution in [2.45, 2.75) is 24.9 Å². The van der Waals surface area contributed by atoms with Crippen LogP contribution in [0.15, 0.2) is 24.3 Å². The minimum absolute atomic E-state index is 0.244. The van der Waals surface area contributed by atoms with Gasteiger partial charge in [-0.2, -0.15) is 0 Å². The molecule has 7 heteroatoms. The number of likely N-dealkylation sites (tertiary alicyclic amines) is 1. The molecule has 0 aliphatic carbocycles. The fourth-order valence-corrected chi connectivity index (χ4v) is 4.26. The second kappa shape index (κ2) is 6.15. The summed E-state index contributed by atoms with van der Waals surface area (Å²) < 4.78 is 10.2. The van der Waals surface area contributed by atoms with Crippen molar-refractivity contribution in [1.29, 1.82) is 0 Å². The molecule has 0 saturated carbocycles. The largest absolute Gasteiger partial charge is 0.497 e. The predicted octanol–water partition coefficient (Wildman–Crippen LogP) is -0.134. The number of rotatable bonds is 4. The number of carbonyl (C=O) groups excluding carboxylic acids is 3. The number of hydrogen-bond donors (Lipinski definition) is 1. The quantitative estimate of drug-likeness (QED) is 0.605. The molecule has 3 rings (SSSR count). The Morgan fingerprint density at radius 3 is 2.36 bits per heavy atom. The number of imide groups is 1. The number of nitrogens with two attached hydrogens (primary N) is 1. The molecule has 2 fully saturated rings. The number of carbonyl (C=O) groups is 3. The molecular formula is C18H23N2O5+. The maximum atomic E-state index is 12.7. The summed E-state index contributed by atoms with van der Waals surface area (Å²) in [5, 5.41) is 1.85. The second-order valence-electron chi connectivity index (χ2n) is 6.59. The highest BCUT2D eigenvalue weighted by Gasteiger charge is 2.71. The average Bonchev–Trinajstić information content (AvgIpc) is 3.11. The Labute approximate surface area is 146 Å². The lowest BCUT2D eigenvalue weighted by Crippen LogP contribution is -2.98. The lowest BCUT2D eigenvalue weighted by atomic mass is 9.78. The summed E-state index contributed by atoms with van der Waals surface area (Å²) in [4.78, 5) is 39.2. The number of nitrogens with zero attached hydrogens (tertiary/aromatic N) is 1. The van der Waals surface area contributed by atoms with E-state index >= 15 is 0 Å². The molecule has 0 unspecified atom stereocenters. The molecule has 2 heterocycles. The summed E-state index contributed by atoms with van der Waals surface area (Å²) in [7, 11) is 4.38. The van der Waals surface area contributed by atoms with Gasteiger partial charge in [-0.15, -0.1) is 0 Å². The van der Waals surface area contributed by atoms with Gasteiger partial charge in [0, 0.05) is 19.0 Å². The Morgan fingerprint density at radius 2 is 1.84 bits per heavy atom. The zero-order valence-corrected chi connectivity index (χ0v) is 14.8. The molecular weight excluding hydrogens is 324 g/mol. The molecule has 2 saturated heterocycles. The van der Waals surface area contributed by atoms with Crippen molar-refractivity contribution in [2.24, 2.45) is 11.8 Å². The van der Waals surface area contributed by atoms with E-state index in [1.807, 2.05) is 36.5 Å². The number of methoxy groups -OCH3 is 2. The highest BCUT2D eigenvalue weighted by Crippen LogP contribution is 2.45. The first kappa shape index (κ1) is 17.4. The lowest BCUT2D eigenvalue weighted by molar-refractivity contribution is -0.734. The molecule has 1 aromatic rings. The number of ether oxygens (including phenoxy) is 2. The Morgan fingerprint density at radius 1 is 1.20 bits per heavy atom. The molecule has 7 nitrogen and oxygen atoms in total. The second-order valence-corrected chi connectivity index (χ2v) is 6.59. The van der Waals surface area contributed by atoms with Crippen LogP contribution in [0.4, 0.5) is 0 Å². The highest BCUT2D eigenvalue weighted by atomic mass is 16.5. The molecule has 1 aromatic carbocycles. The Hall–Kier alpha value is -2.41. The standard InChI is InChI=1S/C18H22N2O5/c1-5-18(17(23)25-4)13-12(15(21)20(2)16(13)22)14(19-18)10-6-8-11(24-3)9-7-10/h6-9,12-14,19H,5H2,1-4H3/p+1/t12-,13-,14-,18+/m0/s1. The van der Waals surface area contributed by atoms with Gasteiger partial charge < -0.3 is 14.8 Å². The summed E-state index contributed by atoms with van der Waals surface area (Å²) in [5.41, 5.74) is -0.201. The molecule has 0 aromatic heterocycles. The van der Waals surface area contributed by atoms with E-state index in [4.69, 9.17) is 9.47 Å². The van der Waals surface area contributed by atoms with Gasteiger partial charge in [0.1, 0.15) is 23.6 Å². The van der Waals surface area contributed by atoms with Gasteiger partial charge in [-0.05, 0) is 24.3 Å². The first-order valence-corrected chi connectivity index (χ1v) is 8.31. The highest BCUT2D eigenvalue weighted by molar-refractivity contribution is 6.08. The SMILES string of the molecule is CC[C@@]1(C(=O)OC)[NH2+][C@@H](c2ccc(OC)cc2)[C@H]2C(=O)N(C)C(=O)[C@H]21. The van der Waals surface area contributed by atoms with Crippen LogP contribution in [-0.2, 0) is 19.1 Å². The summed E-state index contributed by atoms with van der Waals surface area (Å²) in [6.07, 6.45) is 0.403. The lowest BCUT2D eigenvalue weighted by Gasteiger charge is -2.27. The van der Waals surface area contributed by atoms with Crippen LogP contribution >= 0.6 is 0 Å². The van der Waals surface area contributed by atoms with Crippen molar-refractivity contribution in [3.63, 3.8) is 0 Å². The number of esters is 1. The number of quaternary nitrogens is 1. The molecule has 0 radical (unpaired) electrons. The van der Waals surface area contributed by atoms with Gasteiger partial charge in [-0.1, -0.05) is 6.92 Å². The number of fused-ring (bicyclic) bond motifs is 1. The zero-order valence-electron chi connectivity index (χ0n) is 14.8. The fraction of sp³-hybridized carbons (Fsp3) is 0.500. The van der Waals surface area contributed by atoms with Crippen molar-refractivity contribution in [2.75, 3.05) is 21.3 Å². The molecule has 2 aliphatic rings.